The van der Waals surface area contributed by atoms with Gasteiger partial charge in [-0.2, -0.15) is 92.2 Å². The van der Waals surface area contributed by atoms with Crippen LogP contribution in [0, 0.1) is 57.5 Å². The maximum atomic E-state index is 12.9. The number of alkyl halides is 21. The fourth-order valence-electron chi connectivity index (χ4n) is 2.29. The van der Waals surface area contributed by atoms with Crippen LogP contribution in [0.4, 0.5) is 92.2 Å². The van der Waals surface area contributed by atoms with Gasteiger partial charge in [0.15, 0.2) is 0 Å². The topological polar surface area (TPSA) is 112 Å². The molecule has 3 N–H and O–H groups in total. The molecule has 0 aromatic heterocycles. The SMILES string of the molecule is CC(C)(C)C(O)=CC(=O)C(F)(F)C(F)(F)C(F)(F)F.CC(C)(C)C(O)=CC(=O)C(F)(F)C(F)(F)C(F)(F)F.CC(C)(C)C(O)=CC(=O)C(F)(F)C(F)(F)C(F)(F)F.[Pr]. The van der Waals surface area contributed by atoms with Gasteiger partial charge in [0.25, 0.3) is 0 Å². The number of hydrogen-bond donors (Lipinski definition) is 3. The normalized spacial score (nSPS) is 15.3. The molecule has 0 aromatic carbocycles. The van der Waals surface area contributed by atoms with Crippen molar-refractivity contribution < 1.29 is 163 Å². The van der Waals surface area contributed by atoms with Crippen LogP contribution in [0.25, 0.3) is 0 Å². The van der Waals surface area contributed by atoms with Crippen molar-refractivity contribution in [2.45, 2.75) is 116 Å². The predicted molar refractivity (Wildman–Crippen MR) is 153 cm³/mol. The maximum absolute atomic E-state index is 12.9. The molecule has 0 aliphatic rings. The van der Waals surface area contributed by atoms with Gasteiger partial charge in [-0.05, 0) is 0 Å². The molecule has 0 atom stereocenters. The Kier molecular flexibility index (Phi) is 20.4. The summed E-state index contributed by atoms with van der Waals surface area (Å²) in [6.45, 7) is 11.2. The molecule has 0 amide bonds. The minimum atomic E-state index is -6.59. The Bertz CT molecular complexity index is 1350. The molecule has 0 saturated heterocycles. The van der Waals surface area contributed by atoms with E-state index in [1.165, 1.54) is 62.3 Å². The molecule has 0 aliphatic heterocycles. The van der Waals surface area contributed by atoms with Crippen molar-refractivity contribution in [3.8, 4) is 0 Å². The van der Waals surface area contributed by atoms with Crippen LogP contribution < -0.4 is 0 Å². The van der Waals surface area contributed by atoms with Crippen molar-refractivity contribution in [2.75, 3.05) is 0 Å². The average Bonchev–Trinajstić information content (AvgIpc) is 2.93. The zero-order valence-electron chi connectivity index (χ0n) is 30.8. The van der Waals surface area contributed by atoms with Gasteiger partial charge in [-0.3, -0.25) is 14.4 Å². The standard InChI is InChI=1S/3C10H11F7O2.Pr/c3*1-7(2,3)5(18)4-6(19)8(11,12)9(13,14)10(15,16)17;/h3*4,18H,1-3H3;. The minimum absolute atomic E-state index is 0. The van der Waals surface area contributed by atoms with Crippen LogP contribution >= 0.6 is 0 Å². The maximum Gasteiger partial charge on any atom is 0.460 e. The van der Waals surface area contributed by atoms with E-state index in [1.807, 2.05) is 0 Å². The summed E-state index contributed by atoms with van der Waals surface area (Å²) in [4.78, 5) is 32.5. The van der Waals surface area contributed by atoms with Crippen LogP contribution in [0.2, 0.25) is 0 Å². The number of aliphatic hydroxyl groups excluding tert-OH is 3. The first-order valence-corrected chi connectivity index (χ1v) is 14.5. The van der Waals surface area contributed by atoms with Crippen molar-refractivity contribution >= 4 is 17.3 Å². The fourth-order valence-corrected chi connectivity index (χ4v) is 2.29. The molecule has 0 unspecified atom stereocenters. The van der Waals surface area contributed by atoms with Gasteiger partial charge in [0.05, 0.1) is 0 Å². The molecular formula is C30H33F21O6Pr. The van der Waals surface area contributed by atoms with Crippen molar-refractivity contribution in [2.24, 2.45) is 16.2 Å². The Morgan fingerprint density at radius 3 is 0.534 bits per heavy atom. The molecule has 339 valence electrons. The van der Waals surface area contributed by atoms with Gasteiger partial charge in [0.1, 0.15) is 17.3 Å². The average molecular weight is 1030 g/mol. The molecule has 6 nitrogen and oxygen atoms in total. The van der Waals surface area contributed by atoms with Crippen molar-refractivity contribution in [1.29, 1.82) is 0 Å². The molecule has 0 aromatic rings. The van der Waals surface area contributed by atoms with Crippen molar-refractivity contribution in [3.63, 3.8) is 0 Å². The smallest absolute Gasteiger partial charge is 0.460 e. The van der Waals surface area contributed by atoms with Crippen molar-refractivity contribution in [1.82, 2.24) is 0 Å². The Hall–Kier alpha value is -2.48. The van der Waals surface area contributed by atoms with Crippen LogP contribution in [0.3, 0.4) is 0 Å². The molecule has 0 spiro atoms. The van der Waals surface area contributed by atoms with Crippen LogP contribution in [0.1, 0.15) is 62.3 Å². The second-order valence-corrected chi connectivity index (χ2v) is 14.4. The van der Waals surface area contributed by atoms with E-state index in [4.69, 9.17) is 15.3 Å². The number of ketones is 3. The monoisotopic (exact) mass is 1030 g/mol. The number of aliphatic hydroxyl groups is 3. The summed E-state index contributed by atoms with van der Waals surface area (Å²) in [5.74, 6) is -49.1. The third-order valence-corrected chi connectivity index (χ3v) is 6.29. The van der Waals surface area contributed by atoms with E-state index in [0.29, 0.717) is 0 Å². The van der Waals surface area contributed by atoms with Crippen LogP contribution in [-0.2, 0) is 14.4 Å². The quantitative estimate of drug-likeness (QED) is 0.121. The summed E-state index contributed by atoms with van der Waals surface area (Å²) in [7, 11) is 0. The molecule has 1 radical (unpaired) electrons. The van der Waals surface area contributed by atoms with Crippen LogP contribution in [-0.4, -0.2) is 86.7 Å². The van der Waals surface area contributed by atoms with E-state index in [2.05, 4.69) is 0 Å². The third kappa shape index (κ3) is 14.9. The van der Waals surface area contributed by atoms with Gasteiger partial charge in [-0.25, -0.2) is 0 Å². The van der Waals surface area contributed by atoms with Gasteiger partial charge in [-0.15, -0.1) is 0 Å². The second-order valence-electron chi connectivity index (χ2n) is 14.4. The number of halogens is 21. The summed E-state index contributed by atoms with van der Waals surface area (Å²) in [6, 6.07) is 0. The third-order valence-electron chi connectivity index (χ3n) is 6.29. The fraction of sp³-hybridized carbons (Fsp3) is 0.700. The Labute approximate surface area is 347 Å². The largest absolute Gasteiger partial charge is 0.512 e. The summed E-state index contributed by atoms with van der Waals surface area (Å²) in [6.07, 6.45) is -20.7. The van der Waals surface area contributed by atoms with Gasteiger partial charge in [-0.1, -0.05) is 62.3 Å². The molecule has 28 heteroatoms. The Morgan fingerprint density at radius 1 is 0.328 bits per heavy atom. The number of rotatable bonds is 9. The summed E-state index contributed by atoms with van der Waals surface area (Å²) in [5, 5.41) is 27.5. The first-order chi connectivity index (χ1) is 24.1. The van der Waals surface area contributed by atoms with Gasteiger partial charge >= 0.3 is 54.1 Å². The van der Waals surface area contributed by atoms with Gasteiger partial charge in [0.2, 0.25) is 17.3 Å². The number of carbonyl (C=O) groups is 3. The van der Waals surface area contributed by atoms with E-state index in [0.717, 1.165) is 0 Å². The van der Waals surface area contributed by atoms with E-state index in [-0.39, 0.29) is 59.5 Å². The van der Waals surface area contributed by atoms with Crippen LogP contribution in [0.15, 0.2) is 35.5 Å². The Morgan fingerprint density at radius 2 is 0.448 bits per heavy atom. The first kappa shape index (κ1) is 62.2. The van der Waals surface area contributed by atoms with E-state index in [1.54, 1.807) is 0 Å². The summed E-state index contributed by atoms with van der Waals surface area (Å²) >= 11 is 0. The molecule has 0 bridgehead atoms. The zero-order chi connectivity index (χ0) is 47.6. The summed E-state index contributed by atoms with van der Waals surface area (Å²) < 4.78 is 258. The molecule has 58 heavy (non-hydrogen) atoms. The first-order valence-electron chi connectivity index (χ1n) is 14.5. The van der Waals surface area contributed by atoms with E-state index in [9.17, 15) is 107 Å². The number of carbonyl (C=O) groups excluding carboxylic acids is 3. The van der Waals surface area contributed by atoms with E-state index < -0.39 is 105 Å². The Balaban J connectivity index is -0.000000374. The molecule has 0 saturated carbocycles. The number of allylic oxidation sites excluding steroid dienone is 6. The zero-order valence-corrected chi connectivity index (χ0v) is 34.5. The minimum Gasteiger partial charge on any atom is -0.512 e. The second kappa shape index (κ2) is 19.1. The number of hydrogen-bond acceptors (Lipinski definition) is 6. The molecule has 0 aliphatic carbocycles. The molecular weight excluding hydrogens is 996 g/mol. The predicted octanol–water partition coefficient (Wildman–Crippen LogP) is 11.6. The van der Waals surface area contributed by atoms with E-state index >= 15 is 0 Å². The van der Waals surface area contributed by atoms with Gasteiger partial charge < -0.3 is 15.3 Å². The van der Waals surface area contributed by atoms with Crippen LogP contribution in [0.5, 0.6) is 0 Å². The molecule has 0 fully saturated rings. The van der Waals surface area contributed by atoms with Gasteiger partial charge in [0, 0.05) is 75.8 Å². The summed E-state index contributed by atoms with van der Waals surface area (Å²) in [5.41, 5.74) is -3.75. The molecule has 0 rings (SSSR count). The van der Waals surface area contributed by atoms with Crippen molar-refractivity contribution in [3.05, 3.63) is 35.5 Å². The molecule has 0 heterocycles.